The Balaban J connectivity index is 1.70. The van der Waals surface area contributed by atoms with Crippen molar-refractivity contribution in [2.45, 2.75) is 20.4 Å². The number of ether oxygens (including phenoxy) is 2. The van der Waals surface area contributed by atoms with E-state index in [-0.39, 0.29) is 24.6 Å². The van der Waals surface area contributed by atoms with E-state index in [0.717, 1.165) is 5.56 Å². The van der Waals surface area contributed by atoms with Crippen molar-refractivity contribution < 1.29 is 24.2 Å². The van der Waals surface area contributed by atoms with Crippen LogP contribution in [0.4, 0.5) is 11.4 Å². The standard InChI is InChI=1S/C25H24Cl2N2O5/c1-3-33-22-11-17(13-28-21-10-16(25(31)32)6-9-19(21)26)20(27)12-23(22)34-14-24(30)29-18-7-4-15(2)5-8-18/h4-12,28H,3,13-14H2,1-2H3,(H,29,30)(H,31,32). The first-order valence-corrected chi connectivity index (χ1v) is 11.2. The van der Waals surface area contributed by atoms with Gasteiger partial charge in [0.1, 0.15) is 0 Å². The van der Waals surface area contributed by atoms with Crippen molar-refractivity contribution in [3.8, 4) is 11.5 Å². The lowest BCUT2D eigenvalue weighted by molar-refractivity contribution is -0.118. The van der Waals surface area contributed by atoms with E-state index in [0.29, 0.717) is 45.1 Å². The van der Waals surface area contributed by atoms with Gasteiger partial charge in [0.15, 0.2) is 18.1 Å². The van der Waals surface area contributed by atoms with Crippen LogP contribution < -0.4 is 20.1 Å². The predicted octanol–water partition coefficient (Wildman–Crippen LogP) is 6.03. The van der Waals surface area contributed by atoms with Crippen molar-refractivity contribution in [1.82, 2.24) is 0 Å². The summed E-state index contributed by atoms with van der Waals surface area (Å²) in [5, 5.41) is 15.8. The Kier molecular flexibility index (Phi) is 8.62. The van der Waals surface area contributed by atoms with Crippen LogP contribution in [0.5, 0.6) is 11.5 Å². The molecule has 9 heteroatoms. The van der Waals surface area contributed by atoms with Crippen LogP contribution in [0.15, 0.2) is 54.6 Å². The lowest BCUT2D eigenvalue weighted by atomic mass is 10.1. The quantitative estimate of drug-likeness (QED) is 0.313. The van der Waals surface area contributed by atoms with Crippen LogP contribution in [-0.4, -0.2) is 30.2 Å². The summed E-state index contributed by atoms with van der Waals surface area (Å²) in [6.45, 7) is 4.22. The van der Waals surface area contributed by atoms with E-state index >= 15 is 0 Å². The molecule has 0 saturated carbocycles. The van der Waals surface area contributed by atoms with Gasteiger partial charge in [0.25, 0.3) is 5.91 Å². The molecule has 7 nitrogen and oxygen atoms in total. The zero-order valence-corrected chi connectivity index (χ0v) is 20.2. The molecule has 3 aromatic rings. The number of carbonyl (C=O) groups excluding carboxylic acids is 1. The fourth-order valence-corrected chi connectivity index (χ4v) is 3.46. The molecule has 3 aromatic carbocycles. The number of amides is 1. The average Bonchev–Trinajstić information content (AvgIpc) is 2.80. The van der Waals surface area contributed by atoms with Gasteiger partial charge in [-0.3, -0.25) is 4.79 Å². The third kappa shape index (κ3) is 6.79. The molecule has 0 saturated heterocycles. The largest absolute Gasteiger partial charge is 0.490 e. The normalized spacial score (nSPS) is 10.5. The molecular formula is C25H24Cl2N2O5. The number of hydrogen-bond acceptors (Lipinski definition) is 5. The van der Waals surface area contributed by atoms with Crippen molar-refractivity contribution >= 4 is 46.5 Å². The van der Waals surface area contributed by atoms with Crippen LogP contribution in [-0.2, 0) is 11.3 Å². The Labute approximate surface area is 207 Å². The Bertz CT molecular complexity index is 1180. The van der Waals surface area contributed by atoms with E-state index in [1.165, 1.54) is 18.2 Å². The summed E-state index contributed by atoms with van der Waals surface area (Å²) in [5.41, 5.74) is 3.02. The number of carboxylic acids is 1. The van der Waals surface area contributed by atoms with Crippen molar-refractivity contribution in [1.29, 1.82) is 0 Å². The minimum atomic E-state index is -1.05. The van der Waals surface area contributed by atoms with Gasteiger partial charge < -0.3 is 25.2 Å². The maximum atomic E-state index is 12.3. The molecule has 0 aliphatic carbocycles. The molecule has 0 spiro atoms. The number of benzene rings is 3. The molecule has 0 radical (unpaired) electrons. The van der Waals surface area contributed by atoms with Gasteiger partial charge in [0, 0.05) is 23.3 Å². The lowest BCUT2D eigenvalue weighted by Crippen LogP contribution is -2.20. The number of carboxylic acid groups (broad SMARTS) is 1. The van der Waals surface area contributed by atoms with E-state index in [2.05, 4.69) is 10.6 Å². The molecule has 178 valence electrons. The highest BCUT2D eigenvalue weighted by Gasteiger charge is 2.14. The Morgan fingerprint density at radius 1 is 0.941 bits per heavy atom. The van der Waals surface area contributed by atoms with E-state index < -0.39 is 5.97 Å². The Morgan fingerprint density at radius 2 is 1.65 bits per heavy atom. The van der Waals surface area contributed by atoms with E-state index in [9.17, 15) is 14.7 Å². The molecule has 0 aliphatic rings. The Morgan fingerprint density at radius 3 is 2.32 bits per heavy atom. The van der Waals surface area contributed by atoms with Crippen molar-refractivity contribution in [3.63, 3.8) is 0 Å². The van der Waals surface area contributed by atoms with Crippen molar-refractivity contribution in [2.24, 2.45) is 0 Å². The molecule has 3 N–H and O–H groups in total. The van der Waals surface area contributed by atoms with Gasteiger partial charge in [0.05, 0.1) is 22.9 Å². The second-order valence-electron chi connectivity index (χ2n) is 7.38. The number of aromatic carboxylic acids is 1. The van der Waals surface area contributed by atoms with E-state index in [4.69, 9.17) is 32.7 Å². The highest BCUT2D eigenvalue weighted by molar-refractivity contribution is 6.33. The SMILES string of the molecule is CCOc1cc(CNc2cc(C(=O)O)ccc2Cl)c(Cl)cc1OCC(=O)Nc1ccc(C)cc1. The van der Waals surface area contributed by atoms with Crippen LogP contribution in [0, 0.1) is 6.92 Å². The third-order valence-corrected chi connectivity index (χ3v) is 5.47. The number of anilines is 2. The molecule has 0 aliphatic heterocycles. The van der Waals surface area contributed by atoms with Crippen LogP contribution in [0.3, 0.4) is 0 Å². The van der Waals surface area contributed by atoms with Crippen LogP contribution in [0.25, 0.3) is 0 Å². The summed E-state index contributed by atoms with van der Waals surface area (Å²) in [7, 11) is 0. The van der Waals surface area contributed by atoms with Gasteiger partial charge in [-0.05, 0) is 55.8 Å². The second-order valence-corrected chi connectivity index (χ2v) is 8.19. The average molecular weight is 503 g/mol. The first-order valence-electron chi connectivity index (χ1n) is 10.5. The highest BCUT2D eigenvalue weighted by Crippen LogP contribution is 2.34. The summed E-state index contributed by atoms with van der Waals surface area (Å²) in [6, 6.07) is 15.1. The second kappa shape index (κ2) is 11.6. The number of rotatable bonds is 10. The van der Waals surface area contributed by atoms with Gasteiger partial charge in [0.2, 0.25) is 0 Å². The highest BCUT2D eigenvalue weighted by atomic mass is 35.5. The summed E-state index contributed by atoms with van der Waals surface area (Å²) in [6.07, 6.45) is 0. The smallest absolute Gasteiger partial charge is 0.335 e. The van der Waals surface area contributed by atoms with Crippen LogP contribution >= 0.6 is 23.2 Å². The molecule has 3 rings (SSSR count). The number of carbonyl (C=O) groups is 2. The topological polar surface area (TPSA) is 96.9 Å². The fraction of sp³-hybridized carbons (Fsp3) is 0.200. The summed E-state index contributed by atoms with van der Waals surface area (Å²) < 4.78 is 11.4. The molecule has 0 heterocycles. The first kappa shape index (κ1) is 25.2. The van der Waals surface area contributed by atoms with Crippen LogP contribution in [0.2, 0.25) is 10.0 Å². The predicted molar refractivity (Wildman–Crippen MR) is 134 cm³/mol. The van der Waals surface area contributed by atoms with Gasteiger partial charge in [-0.15, -0.1) is 0 Å². The van der Waals surface area contributed by atoms with Crippen molar-refractivity contribution in [2.75, 3.05) is 23.8 Å². The maximum Gasteiger partial charge on any atom is 0.335 e. The molecule has 1 amide bonds. The molecule has 0 fully saturated rings. The molecular weight excluding hydrogens is 479 g/mol. The third-order valence-electron chi connectivity index (χ3n) is 4.79. The molecule has 0 atom stereocenters. The zero-order chi connectivity index (χ0) is 24.7. The zero-order valence-electron chi connectivity index (χ0n) is 18.7. The lowest BCUT2D eigenvalue weighted by Gasteiger charge is -2.16. The van der Waals surface area contributed by atoms with Gasteiger partial charge in [-0.2, -0.15) is 0 Å². The number of halogens is 2. The maximum absolute atomic E-state index is 12.3. The van der Waals surface area contributed by atoms with Gasteiger partial charge in [-0.1, -0.05) is 40.9 Å². The fourth-order valence-electron chi connectivity index (χ4n) is 3.06. The minimum absolute atomic E-state index is 0.112. The molecule has 0 unspecified atom stereocenters. The van der Waals surface area contributed by atoms with Crippen LogP contribution in [0.1, 0.15) is 28.4 Å². The van der Waals surface area contributed by atoms with Gasteiger partial charge in [-0.25, -0.2) is 4.79 Å². The number of aryl methyl sites for hydroxylation is 1. The molecule has 34 heavy (non-hydrogen) atoms. The summed E-state index contributed by atoms with van der Waals surface area (Å²) >= 11 is 12.6. The minimum Gasteiger partial charge on any atom is -0.490 e. The van der Waals surface area contributed by atoms with Gasteiger partial charge >= 0.3 is 5.97 Å². The first-order chi connectivity index (χ1) is 16.3. The molecule has 0 bridgehead atoms. The summed E-state index contributed by atoms with van der Waals surface area (Å²) in [5.74, 6) is -0.608. The Hall–Kier alpha value is -3.42. The number of nitrogens with one attached hydrogen (secondary N) is 2. The van der Waals surface area contributed by atoms with E-state index in [1.807, 2.05) is 38.1 Å². The summed E-state index contributed by atoms with van der Waals surface area (Å²) in [4.78, 5) is 23.5. The van der Waals surface area contributed by atoms with Crippen molar-refractivity contribution in [3.05, 3.63) is 81.3 Å². The van der Waals surface area contributed by atoms with E-state index in [1.54, 1.807) is 12.1 Å². The molecule has 0 aromatic heterocycles. The number of hydrogen-bond donors (Lipinski definition) is 3. The monoisotopic (exact) mass is 502 g/mol.